The van der Waals surface area contributed by atoms with Gasteiger partial charge in [-0.15, -0.1) is 0 Å². The van der Waals surface area contributed by atoms with Crippen molar-refractivity contribution in [2.24, 2.45) is 5.10 Å². The zero-order valence-electron chi connectivity index (χ0n) is 12.3. The lowest BCUT2D eigenvalue weighted by atomic mass is 10.0. The van der Waals surface area contributed by atoms with Crippen molar-refractivity contribution >= 4 is 11.6 Å². The molecule has 3 rings (SSSR count). The predicted octanol–water partition coefficient (Wildman–Crippen LogP) is 2.14. The highest BCUT2D eigenvalue weighted by molar-refractivity contribution is 5.89. The fourth-order valence-electron chi connectivity index (χ4n) is 3.11. The lowest BCUT2D eigenvalue weighted by Gasteiger charge is -2.25. The number of rotatable bonds is 3. The number of carbonyl (C=O) groups excluding carboxylic acids is 1. The Morgan fingerprint density at radius 2 is 2.05 bits per heavy atom. The number of likely N-dealkylation sites (tertiary alicyclic amines) is 1. The largest absolute Gasteiger partial charge is 0.508 e. The molecular formula is C16H21N3O2. The van der Waals surface area contributed by atoms with Gasteiger partial charge in [-0.05, 0) is 38.9 Å². The van der Waals surface area contributed by atoms with Gasteiger partial charge in [0.25, 0.3) is 5.91 Å². The van der Waals surface area contributed by atoms with Gasteiger partial charge < -0.3 is 5.11 Å². The number of amides is 1. The van der Waals surface area contributed by atoms with Crippen LogP contribution in [-0.4, -0.2) is 46.3 Å². The molecule has 1 unspecified atom stereocenters. The Labute approximate surface area is 124 Å². The van der Waals surface area contributed by atoms with E-state index in [0.717, 1.165) is 24.4 Å². The molecule has 0 saturated carbocycles. The van der Waals surface area contributed by atoms with E-state index in [9.17, 15) is 9.90 Å². The van der Waals surface area contributed by atoms with Crippen LogP contribution < -0.4 is 0 Å². The summed E-state index contributed by atoms with van der Waals surface area (Å²) in [7, 11) is 0. The molecule has 0 bridgehead atoms. The lowest BCUT2D eigenvalue weighted by molar-refractivity contribution is -0.134. The summed E-state index contributed by atoms with van der Waals surface area (Å²) in [6.45, 7) is 4.32. The maximum absolute atomic E-state index is 12.5. The van der Waals surface area contributed by atoms with Crippen molar-refractivity contribution in [3.63, 3.8) is 0 Å². The van der Waals surface area contributed by atoms with Gasteiger partial charge in [-0.25, -0.2) is 5.01 Å². The minimum Gasteiger partial charge on any atom is -0.508 e. The number of phenols is 1. The van der Waals surface area contributed by atoms with Gasteiger partial charge in [0, 0.05) is 17.7 Å². The van der Waals surface area contributed by atoms with Gasteiger partial charge in [-0.2, -0.15) is 5.10 Å². The van der Waals surface area contributed by atoms with Crippen molar-refractivity contribution in [3.05, 3.63) is 29.8 Å². The van der Waals surface area contributed by atoms with E-state index in [-0.39, 0.29) is 17.7 Å². The molecule has 2 aliphatic rings. The predicted molar refractivity (Wildman–Crippen MR) is 81.1 cm³/mol. The van der Waals surface area contributed by atoms with Gasteiger partial charge in [-0.1, -0.05) is 18.2 Å². The smallest absolute Gasteiger partial charge is 0.257 e. The molecule has 1 fully saturated rings. The molecule has 112 valence electrons. The molecule has 5 nitrogen and oxygen atoms in total. The number of aromatic hydroxyl groups is 1. The zero-order valence-corrected chi connectivity index (χ0v) is 12.3. The van der Waals surface area contributed by atoms with Crippen molar-refractivity contribution in [3.8, 4) is 5.75 Å². The van der Waals surface area contributed by atoms with Crippen LogP contribution in [0, 0.1) is 0 Å². The third-order valence-corrected chi connectivity index (χ3v) is 4.17. The molecule has 5 heteroatoms. The average molecular weight is 287 g/mol. The van der Waals surface area contributed by atoms with Crippen LogP contribution >= 0.6 is 0 Å². The van der Waals surface area contributed by atoms with E-state index in [1.807, 2.05) is 19.1 Å². The van der Waals surface area contributed by atoms with Gasteiger partial charge in [0.2, 0.25) is 0 Å². The first-order chi connectivity index (χ1) is 10.1. The molecule has 1 aromatic carbocycles. The summed E-state index contributed by atoms with van der Waals surface area (Å²) in [6.07, 6.45) is 3.01. The number of hydrazone groups is 1. The van der Waals surface area contributed by atoms with Crippen molar-refractivity contribution in [2.45, 2.75) is 32.2 Å². The van der Waals surface area contributed by atoms with Crippen LogP contribution in [0.4, 0.5) is 0 Å². The van der Waals surface area contributed by atoms with Crippen LogP contribution in [0.25, 0.3) is 0 Å². The average Bonchev–Trinajstić information content (AvgIpc) is 3.09. The number of phenolic OH excluding ortho intramolecular Hbond substituents is 1. The van der Waals surface area contributed by atoms with E-state index in [2.05, 4.69) is 10.0 Å². The normalized spacial score (nSPS) is 22.6. The summed E-state index contributed by atoms with van der Waals surface area (Å²) in [5.41, 5.74) is 1.70. The first-order valence-corrected chi connectivity index (χ1v) is 7.51. The molecule has 21 heavy (non-hydrogen) atoms. The van der Waals surface area contributed by atoms with Crippen LogP contribution in [0.3, 0.4) is 0 Å². The summed E-state index contributed by atoms with van der Waals surface area (Å²) in [4.78, 5) is 14.7. The van der Waals surface area contributed by atoms with Crippen LogP contribution in [0.1, 0.15) is 37.8 Å². The van der Waals surface area contributed by atoms with Gasteiger partial charge in [-0.3, -0.25) is 9.69 Å². The Balaban J connectivity index is 1.78. The summed E-state index contributed by atoms with van der Waals surface area (Å²) in [6, 6.07) is 7.02. The van der Waals surface area contributed by atoms with Gasteiger partial charge in [0.15, 0.2) is 0 Å². The third kappa shape index (κ3) is 2.93. The molecule has 0 aromatic heterocycles. The molecule has 0 aliphatic carbocycles. The number of hydrogen-bond acceptors (Lipinski definition) is 4. The Hall–Kier alpha value is -1.88. The standard InChI is InChI=1S/C16H21N3O2/c1-12-10-14(13-6-2-3-7-15(13)20)19(17-12)16(21)11-18-8-4-5-9-18/h2-3,6-7,14,20H,4-5,8-11H2,1H3. The molecule has 2 heterocycles. The van der Waals surface area contributed by atoms with Crippen LogP contribution in [0.2, 0.25) is 0 Å². The van der Waals surface area contributed by atoms with E-state index < -0.39 is 0 Å². The van der Waals surface area contributed by atoms with E-state index in [4.69, 9.17) is 0 Å². The fourth-order valence-corrected chi connectivity index (χ4v) is 3.11. The fraction of sp³-hybridized carbons (Fsp3) is 0.500. The van der Waals surface area contributed by atoms with Gasteiger partial charge >= 0.3 is 0 Å². The Morgan fingerprint density at radius 3 is 2.76 bits per heavy atom. The van der Waals surface area contributed by atoms with Crippen molar-refractivity contribution in [2.75, 3.05) is 19.6 Å². The number of carbonyl (C=O) groups is 1. The zero-order chi connectivity index (χ0) is 14.8. The van der Waals surface area contributed by atoms with Crippen molar-refractivity contribution in [1.82, 2.24) is 9.91 Å². The molecule has 1 amide bonds. The quantitative estimate of drug-likeness (QED) is 0.926. The summed E-state index contributed by atoms with van der Waals surface area (Å²) in [5.74, 6) is 0.244. The van der Waals surface area contributed by atoms with E-state index in [1.54, 1.807) is 17.1 Å². The van der Waals surface area contributed by atoms with Gasteiger partial charge in [0.1, 0.15) is 5.75 Å². The molecule has 1 aromatic rings. The van der Waals surface area contributed by atoms with Crippen LogP contribution in [-0.2, 0) is 4.79 Å². The monoisotopic (exact) mass is 287 g/mol. The Morgan fingerprint density at radius 1 is 1.33 bits per heavy atom. The number of hydrogen-bond donors (Lipinski definition) is 1. The highest BCUT2D eigenvalue weighted by Crippen LogP contribution is 2.35. The second kappa shape index (κ2) is 5.85. The van der Waals surface area contributed by atoms with E-state index in [0.29, 0.717) is 13.0 Å². The Kier molecular flexibility index (Phi) is 3.92. The van der Waals surface area contributed by atoms with Crippen molar-refractivity contribution < 1.29 is 9.90 Å². The first kappa shape index (κ1) is 14.1. The molecule has 1 saturated heterocycles. The molecule has 0 radical (unpaired) electrons. The maximum Gasteiger partial charge on any atom is 0.257 e. The Bertz CT molecular complexity index is 564. The van der Waals surface area contributed by atoms with Crippen LogP contribution in [0.15, 0.2) is 29.4 Å². The molecule has 1 atom stereocenters. The maximum atomic E-state index is 12.5. The highest BCUT2D eigenvalue weighted by Gasteiger charge is 2.33. The molecule has 2 aliphatic heterocycles. The number of benzene rings is 1. The highest BCUT2D eigenvalue weighted by atomic mass is 16.3. The summed E-state index contributed by atoms with van der Waals surface area (Å²) < 4.78 is 0. The van der Waals surface area contributed by atoms with E-state index >= 15 is 0 Å². The lowest BCUT2D eigenvalue weighted by Crippen LogP contribution is -2.36. The van der Waals surface area contributed by atoms with E-state index in [1.165, 1.54) is 12.8 Å². The third-order valence-electron chi connectivity index (χ3n) is 4.17. The van der Waals surface area contributed by atoms with Gasteiger partial charge in [0.05, 0.1) is 12.6 Å². The first-order valence-electron chi connectivity index (χ1n) is 7.51. The summed E-state index contributed by atoms with van der Waals surface area (Å²) in [5, 5.41) is 16.0. The second-order valence-electron chi connectivity index (χ2n) is 5.84. The topological polar surface area (TPSA) is 56.1 Å². The minimum absolute atomic E-state index is 0.0157. The SMILES string of the molecule is CC1=NN(C(=O)CN2CCCC2)C(c2ccccc2O)C1. The minimum atomic E-state index is -0.179. The number of para-hydroxylation sites is 1. The molecule has 1 N–H and O–H groups in total. The molecule has 0 spiro atoms. The summed E-state index contributed by atoms with van der Waals surface area (Å²) >= 11 is 0. The molecular weight excluding hydrogens is 266 g/mol. The van der Waals surface area contributed by atoms with Crippen LogP contribution in [0.5, 0.6) is 5.75 Å². The number of nitrogens with zero attached hydrogens (tertiary/aromatic N) is 3. The second-order valence-corrected chi connectivity index (χ2v) is 5.84. The van der Waals surface area contributed by atoms with Crippen molar-refractivity contribution in [1.29, 1.82) is 0 Å².